The maximum Gasteiger partial charge on any atom is 0.0397 e. The number of aryl methyl sites for hydroxylation is 1. The molecule has 1 aromatic rings. The lowest BCUT2D eigenvalue weighted by atomic mass is 9.95. The van der Waals surface area contributed by atoms with Gasteiger partial charge in [-0.2, -0.15) is 0 Å². The first kappa shape index (κ1) is 11.3. The van der Waals surface area contributed by atoms with Gasteiger partial charge in [-0.3, -0.25) is 0 Å². The smallest absolute Gasteiger partial charge is 0.0397 e. The van der Waals surface area contributed by atoms with E-state index < -0.39 is 0 Å². The highest BCUT2D eigenvalue weighted by molar-refractivity contribution is 5.59. The fraction of sp³-hybridized carbons (Fsp3) is 0.571. The molecule has 0 spiro atoms. The molecule has 0 amide bonds. The van der Waals surface area contributed by atoms with E-state index in [1.54, 1.807) is 0 Å². The lowest BCUT2D eigenvalue weighted by molar-refractivity contribution is 0.423. The van der Waals surface area contributed by atoms with Crippen molar-refractivity contribution >= 4 is 11.4 Å². The second-order valence-electron chi connectivity index (χ2n) is 5.28. The van der Waals surface area contributed by atoms with E-state index in [9.17, 15) is 0 Å². The maximum atomic E-state index is 5.78. The molecule has 2 rings (SSSR count). The van der Waals surface area contributed by atoms with Crippen molar-refractivity contribution in [1.82, 2.24) is 0 Å². The Balaban J connectivity index is 2.14. The van der Waals surface area contributed by atoms with Crippen LogP contribution in [0.5, 0.6) is 0 Å². The van der Waals surface area contributed by atoms with Gasteiger partial charge in [0.15, 0.2) is 0 Å². The Bertz CT molecular complexity index is 371. The highest BCUT2D eigenvalue weighted by atomic mass is 15.2. The molecule has 0 bridgehead atoms. The van der Waals surface area contributed by atoms with E-state index in [0.29, 0.717) is 0 Å². The van der Waals surface area contributed by atoms with Gasteiger partial charge < -0.3 is 10.6 Å². The van der Waals surface area contributed by atoms with Crippen molar-refractivity contribution in [2.24, 2.45) is 11.8 Å². The molecular weight excluding hydrogens is 196 g/mol. The van der Waals surface area contributed by atoms with Crippen LogP contribution in [0.4, 0.5) is 11.4 Å². The molecule has 1 saturated heterocycles. The van der Waals surface area contributed by atoms with Gasteiger partial charge in [0.25, 0.3) is 0 Å². The summed E-state index contributed by atoms with van der Waals surface area (Å²) >= 11 is 0. The van der Waals surface area contributed by atoms with Crippen LogP contribution in [0.3, 0.4) is 0 Å². The van der Waals surface area contributed by atoms with E-state index in [1.807, 2.05) is 6.07 Å². The Morgan fingerprint density at radius 3 is 2.69 bits per heavy atom. The topological polar surface area (TPSA) is 29.3 Å². The predicted octanol–water partition coefficient (Wildman–Crippen LogP) is 3.06. The van der Waals surface area contributed by atoms with E-state index in [1.165, 1.54) is 30.8 Å². The number of nitrogen functional groups attached to an aromatic ring is 1. The number of hydrogen-bond donors (Lipinski definition) is 1. The van der Waals surface area contributed by atoms with Crippen molar-refractivity contribution in [1.29, 1.82) is 0 Å². The summed E-state index contributed by atoms with van der Waals surface area (Å²) < 4.78 is 0. The van der Waals surface area contributed by atoms with E-state index in [-0.39, 0.29) is 0 Å². The largest absolute Gasteiger partial charge is 0.399 e. The molecule has 1 aromatic carbocycles. The minimum Gasteiger partial charge on any atom is -0.399 e. The first-order valence-electron chi connectivity index (χ1n) is 6.19. The molecule has 16 heavy (non-hydrogen) atoms. The molecule has 0 radical (unpaired) electrons. The van der Waals surface area contributed by atoms with Crippen LogP contribution in [0.25, 0.3) is 0 Å². The van der Waals surface area contributed by atoms with Crippen LogP contribution in [0, 0.1) is 18.8 Å². The van der Waals surface area contributed by atoms with Gasteiger partial charge in [0.1, 0.15) is 0 Å². The van der Waals surface area contributed by atoms with Gasteiger partial charge >= 0.3 is 0 Å². The molecule has 0 saturated carbocycles. The molecule has 1 aliphatic heterocycles. The molecule has 2 nitrogen and oxygen atoms in total. The van der Waals surface area contributed by atoms with E-state index in [0.717, 1.165) is 17.5 Å². The zero-order valence-electron chi connectivity index (χ0n) is 10.5. The van der Waals surface area contributed by atoms with E-state index in [2.05, 4.69) is 37.8 Å². The number of anilines is 2. The van der Waals surface area contributed by atoms with Crippen molar-refractivity contribution < 1.29 is 0 Å². The van der Waals surface area contributed by atoms with Crippen LogP contribution in [0.1, 0.15) is 25.8 Å². The number of nitrogens with zero attached hydrogens (tertiary/aromatic N) is 1. The van der Waals surface area contributed by atoms with Crippen LogP contribution in [-0.2, 0) is 0 Å². The van der Waals surface area contributed by atoms with Gasteiger partial charge in [-0.15, -0.1) is 0 Å². The third-order valence-corrected chi connectivity index (χ3v) is 3.73. The number of rotatable bonds is 2. The highest BCUT2D eigenvalue weighted by Crippen LogP contribution is 2.30. The van der Waals surface area contributed by atoms with Crippen molar-refractivity contribution in [2.75, 3.05) is 23.7 Å². The van der Waals surface area contributed by atoms with Gasteiger partial charge in [-0.05, 0) is 48.9 Å². The quantitative estimate of drug-likeness (QED) is 0.773. The average Bonchev–Trinajstić information content (AvgIpc) is 2.66. The molecule has 1 aliphatic rings. The minimum absolute atomic E-state index is 0.791. The monoisotopic (exact) mass is 218 g/mol. The molecule has 0 aromatic heterocycles. The summed E-state index contributed by atoms with van der Waals surface area (Å²) in [5, 5.41) is 0. The first-order chi connectivity index (χ1) is 7.58. The Labute approximate surface area is 98.4 Å². The SMILES string of the molecule is Cc1cc(N)ccc1N1CCC(C(C)C)C1. The normalized spacial score (nSPS) is 20.8. The third-order valence-electron chi connectivity index (χ3n) is 3.73. The summed E-state index contributed by atoms with van der Waals surface area (Å²) in [6.07, 6.45) is 1.32. The second-order valence-corrected chi connectivity index (χ2v) is 5.28. The summed E-state index contributed by atoms with van der Waals surface area (Å²) in [4.78, 5) is 2.50. The number of benzene rings is 1. The summed E-state index contributed by atoms with van der Waals surface area (Å²) in [6, 6.07) is 6.23. The first-order valence-corrected chi connectivity index (χ1v) is 6.19. The Hall–Kier alpha value is -1.18. The summed E-state index contributed by atoms with van der Waals surface area (Å²) in [5.41, 5.74) is 9.30. The maximum absolute atomic E-state index is 5.78. The van der Waals surface area contributed by atoms with Crippen LogP contribution in [0.2, 0.25) is 0 Å². The van der Waals surface area contributed by atoms with Crippen molar-refractivity contribution in [3.05, 3.63) is 23.8 Å². The van der Waals surface area contributed by atoms with Crippen LogP contribution >= 0.6 is 0 Å². The summed E-state index contributed by atoms with van der Waals surface area (Å²) in [6.45, 7) is 9.18. The van der Waals surface area contributed by atoms with Crippen LogP contribution < -0.4 is 10.6 Å². The molecule has 88 valence electrons. The lowest BCUT2D eigenvalue weighted by Crippen LogP contribution is -2.21. The lowest BCUT2D eigenvalue weighted by Gasteiger charge is -2.22. The van der Waals surface area contributed by atoms with Crippen molar-refractivity contribution in [3.63, 3.8) is 0 Å². The summed E-state index contributed by atoms with van der Waals surface area (Å²) in [5.74, 6) is 1.64. The highest BCUT2D eigenvalue weighted by Gasteiger charge is 2.25. The predicted molar refractivity (Wildman–Crippen MR) is 70.7 cm³/mol. The molecule has 2 heteroatoms. The second kappa shape index (κ2) is 4.36. The molecule has 1 heterocycles. The zero-order chi connectivity index (χ0) is 11.7. The molecule has 2 N–H and O–H groups in total. The molecule has 1 fully saturated rings. The van der Waals surface area contributed by atoms with Crippen molar-refractivity contribution in [3.8, 4) is 0 Å². The summed E-state index contributed by atoms with van der Waals surface area (Å²) in [7, 11) is 0. The van der Waals surface area contributed by atoms with E-state index in [4.69, 9.17) is 5.73 Å². The fourth-order valence-electron chi connectivity index (χ4n) is 2.58. The van der Waals surface area contributed by atoms with Gasteiger partial charge in [-0.1, -0.05) is 13.8 Å². The third kappa shape index (κ3) is 2.16. The van der Waals surface area contributed by atoms with Crippen LogP contribution in [0.15, 0.2) is 18.2 Å². The number of nitrogens with two attached hydrogens (primary N) is 1. The van der Waals surface area contributed by atoms with Gasteiger partial charge in [0.2, 0.25) is 0 Å². The van der Waals surface area contributed by atoms with Gasteiger partial charge in [0.05, 0.1) is 0 Å². The Morgan fingerprint density at radius 2 is 2.12 bits per heavy atom. The Morgan fingerprint density at radius 1 is 1.38 bits per heavy atom. The number of hydrogen-bond acceptors (Lipinski definition) is 2. The van der Waals surface area contributed by atoms with Gasteiger partial charge in [-0.25, -0.2) is 0 Å². The molecule has 1 unspecified atom stereocenters. The van der Waals surface area contributed by atoms with Crippen molar-refractivity contribution in [2.45, 2.75) is 27.2 Å². The minimum atomic E-state index is 0.791. The fourth-order valence-corrected chi connectivity index (χ4v) is 2.58. The van der Waals surface area contributed by atoms with E-state index >= 15 is 0 Å². The Kier molecular flexibility index (Phi) is 3.08. The molecular formula is C14H22N2. The van der Waals surface area contributed by atoms with Gasteiger partial charge in [0, 0.05) is 24.5 Å². The molecule has 0 aliphatic carbocycles. The standard InChI is InChI=1S/C14H22N2/c1-10(2)12-6-7-16(9-12)14-5-4-13(15)8-11(14)3/h4-5,8,10,12H,6-7,9,15H2,1-3H3. The average molecular weight is 218 g/mol. The molecule has 1 atom stereocenters. The zero-order valence-corrected chi connectivity index (χ0v) is 10.5. The van der Waals surface area contributed by atoms with Crippen LogP contribution in [-0.4, -0.2) is 13.1 Å².